The predicted molar refractivity (Wildman–Crippen MR) is 98.9 cm³/mol. The molecule has 11 heteroatoms. The van der Waals surface area contributed by atoms with Crippen LogP contribution in [0.25, 0.3) is 0 Å². The summed E-state index contributed by atoms with van der Waals surface area (Å²) >= 11 is 0. The Labute approximate surface area is 170 Å². The van der Waals surface area contributed by atoms with E-state index in [1.807, 2.05) is 0 Å². The Bertz CT molecular complexity index is 1060. The van der Waals surface area contributed by atoms with Gasteiger partial charge in [0.1, 0.15) is 0 Å². The van der Waals surface area contributed by atoms with Gasteiger partial charge in [0.15, 0.2) is 17.6 Å². The summed E-state index contributed by atoms with van der Waals surface area (Å²) in [6.07, 6.45) is -1.14. The number of nitrogens with one attached hydrogen (secondary N) is 1. The highest BCUT2D eigenvalue weighted by Gasteiger charge is 2.27. The first kappa shape index (κ1) is 21.5. The number of hydrogen-bond donors (Lipinski definition) is 1. The Balaban J connectivity index is 1.55. The molecule has 0 aliphatic carbocycles. The summed E-state index contributed by atoms with van der Waals surface area (Å²) in [7, 11) is -4.76. The molecule has 0 fully saturated rings. The van der Waals surface area contributed by atoms with Gasteiger partial charge in [0.25, 0.3) is 5.91 Å². The van der Waals surface area contributed by atoms with Gasteiger partial charge in [-0.25, -0.2) is 13.2 Å². The molecule has 1 amide bonds. The zero-order valence-corrected chi connectivity index (χ0v) is 16.4. The number of carbonyl (C=O) groups excluding carboxylic acids is 2. The van der Waals surface area contributed by atoms with E-state index in [-0.39, 0.29) is 18.9 Å². The lowest BCUT2D eigenvalue weighted by molar-refractivity contribution is -0.129. The summed E-state index contributed by atoms with van der Waals surface area (Å²) in [6, 6.07) is 9.01. The Morgan fingerprint density at radius 2 is 1.77 bits per heavy atom. The first-order valence-corrected chi connectivity index (χ1v) is 10.2. The van der Waals surface area contributed by atoms with E-state index >= 15 is 0 Å². The minimum atomic E-state index is -4.76. The van der Waals surface area contributed by atoms with Crippen molar-refractivity contribution >= 4 is 21.7 Å². The van der Waals surface area contributed by atoms with Crippen LogP contribution in [0.4, 0.5) is 8.78 Å². The van der Waals surface area contributed by atoms with Crippen molar-refractivity contribution in [1.29, 1.82) is 0 Å². The monoisotopic (exact) mass is 441 g/mol. The van der Waals surface area contributed by atoms with E-state index in [4.69, 9.17) is 14.2 Å². The fourth-order valence-corrected chi connectivity index (χ4v) is 3.27. The van der Waals surface area contributed by atoms with Crippen LogP contribution < -0.4 is 14.8 Å². The number of alkyl halides is 2. The van der Waals surface area contributed by atoms with Crippen molar-refractivity contribution in [3.05, 3.63) is 53.6 Å². The van der Waals surface area contributed by atoms with E-state index in [0.717, 1.165) is 29.8 Å². The lowest BCUT2D eigenvalue weighted by Crippen LogP contribution is -2.35. The number of sulfone groups is 1. The van der Waals surface area contributed by atoms with Crippen LogP contribution in [0.5, 0.6) is 11.5 Å². The van der Waals surface area contributed by atoms with Crippen LogP contribution in [0.1, 0.15) is 22.8 Å². The van der Waals surface area contributed by atoms with Crippen molar-refractivity contribution < 1.29 is 41.0 Å². The van der Waals surface area contributed by atoms with Crippen LogP contribution in [0.3, 0.4) is 0 Å². The first-order valence-electron chi connectivity index (χ1n) is 8.68. The van der Waals surface area contributed by atoms with Crippen LogP contribution in [0, 0.1) is 0 Å². The van der Waals surface area contributed by atoms with E-state index < -0.39 is 38.5 Å². The standard InChI is InChI=1S/C19H17F2NO7S/c1-11(17(23)22-9-12-2-7-15-16(8-12)28-10-27-15)29-18(24)13-3-5-14(6-4-13)30(25,26)19(20)21/h2-8,11,19H,9-10H2,1H3,(H,22,23). The molecule has 2 aromatic rings. The maximum absolute atomic E-state index is 12.5. The molecular formula is C19H17F2NO7S. The molecule has 8 nitrogen and oxygen atoms in total. The van der Waals surface area contributed by atoms with E-state index in [1.54, 1.807) is 18.2 Å². The molecule has 30 heavy (non-hydrogen) atoms. The van der Waals surface area contributed by atoms with E-state index in [9.17, 15) is 26.8 Å². The van der Waals surface area contributed by atoms with Gasteiger partial charge in [-0.1, -0.05) is 6.07 Å². The lowest BCUT2D eigenvalue weighted by Gasteiger charge is -2.14. The van der Waals surface area contributed by atoms with E-state index in [0.29, 0.717) is 11.5 Å². The van der Waals surface area contributed by atoms with E-state index in [1.165, 1.54) is 6.92 Å². The molecular weight excluding hydrogens is 424 g/mol. The number of esters is 1. The number of fused-ring (bicyclic) bond motifs is 1. The largest absolute Gasteiger partial charge is 0.454 e. The average molecular weight is 441 g/mol. The summed E-state index contributed by atoms with van der Waals surface area (Å²) in [6.45, 7) is 1.66. The molecule has 160 valence electrons. The summed E-state index contributed by atoms with van der Waals surface area (Å²) in [5.41, 5.74) is 0.667. The third kappa shape index (κ3) is 4.67. The Hall–Kier alpha value is -3.21. The Morgan fingerprint density at radius 3 is 2.43 bits per heavy atom. The molecule has 1 aliphatic rings. The lowest BCUT2D eigenvalue weighted by atomic mass is 10.2. The number of ether oxygens (including phenoxy) is 3. The van der Waals surface area contributed by atoms with E-state index in [2.05, 4.69) is 5.32 Å². The molecule has 0 saturated heterocycles. The number of halogens is 2. The second-order valence-corrected chi connectivity index (χ2v) is 8.20. The summed E-state index contributed by atoms with van der Waals surface area (Å²) < 4.78 is 63.4. The fourth-order valence-electron chi connectivity index (χ4n) is 2.55. The third-order valence-electron chi connectivity index (χ3n) is 4.21. The van der Waals surface area contributed by atoms with Crippen molar-refractivity contribution in [3.8, 4) is 11.5 Å². The van der Waals surface area contributed by atoms with Gasteiger partial charge < -0.3 is 19.5 Å². The molecule has 2 aromatic carbocycles. The fraction of sp³-hybridized carbons (Fsp3) is 0.263. The highest BCUT2D eigenvalue weighted by atomic mass is 32.2. The normalized spacial score (nSPS) is 13.7. The number of rotatable bonds is 7. The maximum atomic E-state index is 12.5. The molecule has 0 saturated carbocycles. The van der Waals surface area contributed by atoms with Crippen LogP contribution in [0.15, 0.2) is 47.4 Å². The van der Waals surface area contributed by atoms with Gasteiger partial charge in [0.05, 0.1) is 10.5 Å². The van der Waals surface area contributed by atoms with Gasteiger partial charge in [0, 0.05) is 6.54 Å². The Morgan fingerprint density at radius 1 is 1.10 bits per heavy atom. The molecule has 3 rings (SSSR count). The Kier molecular flexibility index (Phi) is 6.20. The van der Waals surface area contributed by atoms with Crippen LogP contribution >= 0.6 is 0 Å². The SMILES string of the molecule is CC(OC(=O)c1ccc(S(=O)(=O)C(F)F)cc1)C(=O)NCc1ccc2c(c1)OCO2. The highest BCUT2D eigenvalue weighted by Crippen LogP contribution is 2.32. The van der Waals surface area contributed by atoms with Crippen molar-refractivity contribution in [2.45, 2.75) is 30.2 Å². The summed E-state index contributed by atoms with van der Waals surface area (Å²) in [4.78, 5) is 23.7. The van der Waals surface area contributed by atoms with Crippen LogP contribution in [-0.2, 0) is 25.9 Å². The molecule has 0 aromatic heterocycles. The van der Waals surface area contributed by atoms with Crippen molar-refractivity contribution in [2.24, 2.45) is 0 Å². The highest BCUT2D eigenvalue weighted by molar-refractivity contribution is 7.91. The van der Waals surface area contributed by atoms with Crippen molar-refractivity contribution in [3.63, 3.8) is 0 Å². The molecule has 0 radical (unpaired) electrons. The molecule has 1 atom stereocenters. The third-order valence-corrected chi connectivity index (χ3v) is 5.61. The summed E-state index contributed by atoms with van der Waals surface area (Å²) in [5.74, 6) is -3.85. The zero-order chi connectivity index (χ0) is 21.9. The van der Waals surface area contributed by atoms with Gasteiger partial charge in [-0.2, -0.15) is 8.78 Å². The topological polar surface area (TPSA) is 108 Å². The van der Waals surface area contributed by atoms with Gasteiger partial charge in [-0.3, -0.25) is 4.79 Å². The average Bonchev–Trinajstić information content (AvgIpc) is 3.19. The first-order chi connectivity index (χ1) is 14.2. The number of carbonyl (C=O) groups is 2. The van der Waals surface area contributed by atoms with Crippen molar-refractivity contribution in [2.75, 3.05) is 6.79 Å². The smallest absolute Gasteiger partial charge is 0.341 e. The molecule has 1 heterocycles. The molecule has 1 unspecified atom stereocenters. The summed E-state index contributed by atoms with van der Waals surface area (Å²) in [5, 5.41) is 2.61. The van der Waals surface area contributed by atoms with Crippen molar-refractivity contribution in [1.82, 2.24) is 5.32 Å². The van der Waals surface area contributed by atoms with Gasteiger partial charge >= 0.3 is 11.7 Å². The number of hydrogen-bond acceptors (Lipinski definition) is 7. The van der Waals surface area contributed by atoms with Gasteiger partial charge in [0.2, 0.25) is 16.6 Å². The maximum Gasteiger partial charge on any atom is 0.341 e. The van der Waals surface area contributed by atoms with Gasteiger partial charge in [-0.05, 0) is 48.9 Å². The van der Waals surface area contributed by atoms with Gasteiger partial charge in [-0.15, -0.1) is 0 Å². The second kappa shape index (κ2) is 8.66. The molecule has 0 spiro atoms. The van der Waals surface area contributed by atoms with Crippen LogP contribution in [0.2, 0.25) is 0 Å². The van der Waals surface area contributed by atoms with Crippen LogP contribution in [-0.4, -0.2) is 38.9 Å². The minimum absolute atomic E-state index is 0.0846. The molecule has 0 bridgehead atoms. The second-order valence-electron chi connectivity index (χ2n) is 6.28. The number of benzene rings is 2. The quantitative estimate of drug-likeness (QED) is 0.657. The number of amides is 1. The minimum Gasteiger partial charge on any atom is -0.454 e. The molecule has 1 aliphatic heterocycles. The predicted octanol–water partition coefficient (Wildman–Crippen LogP) is 2.27. The molecule has 1 N–H and O–H groups in total. The zero-order valence-electron chi connectivity index (χ0n) is 15.6.